The Morgan fingerprint density at radius 3 is 2.41 bits per heavy atom. The normalized spacial score (nSPS) is 21.1. The van der Waals surface area contributed by atoms with E-state index in [0.29, 0.717) is 12.1 Å². The van der Waals surface area contributed by atoms with Crippen molar-refractivity contribution in [1.82, 2.24) is 10.3 Å². The van der Waals surface area contributed by atoms with Gasteiger partial charge in [0.15, 0.2) is 0 Å². The summed E-state index contributed by atoms with van der Waals surface area (Å²) >= 11 is 0. The van der Waals surface area contributed by atoms with Gasteiger partial charge in [0.2, 0.25) is 0 Å². The van der Waals surface area contributed by atoms with E-state index < -0.39 is 0 Å². The first-order valence-corrected chi connectivity index (χ1v) is 6.93. The highest BCUT2D eigenvalue weighted by molar-refractivity contribution is 5.14. The second kappa shape index (κ2) is 6.15. The summed E-state index contributed by atoms with van der Waals surface area (Å²) in [7, 11) is 0. The molecule has 1 heterocycles. The molecule has 1 aliphatic carbocycles. The molecule has 1 aromatic rings. The SMILES string of the molecule is CC(N[C@H](C)c1ccncc1)C1CCCCC1. The Morgan fingerprint density at radius 2 is 1.76 bits per heavy atom. The molecule has 1 aliphatic rings. The van der Waals surface area contributed by atoms with Crippen LogP contribution in [0.1, 0.15) is 57.6 Å². The second-order valence-corrected chi connectivity index (χ2v) is 5.36. The molecular formula is C15H24N2. The van der Waals surface area contributed by atoms with Crippen molar-refractivity contribution in [1.29, 1.82) is 0 Å². The highest BCUT2D eigenvalue weighted by Crippen LogP contribution is 2.27. The number of pyridine rings is 1. The van der Waals surface area contributed by atoms with Gasteiger partial charge in [-0.3, -0.25) is 4.98 Å². The Morgan fingerprint density at radius 1 is 1.12 bits per heavy atom. The van der Waals surface area contributed by atoms with Crippen LogP contribution in [0.15, 0.2) is 24.5 Å². The molecule has 2 heteroatoms. The molecule has 0 aromatic carbocycles. The van der Waals surface area contributed by atoms with E-state index in [1.54, 1.807) is 0 Å². The molecule has 1 fully saturated rings. The van der Waals surface area contributed by atoms with Crippen LogP contribution in [-0.2, 0) is 0 Å². The Bertz CT molecular complexity index is 317. The maximum absolute atomic E-state index is 4.07. The zero-order valence-electron chi connectivity index (χ0n) is 11.0. The smallest absolute Gasteiger partial charge is 0.0295 e. The molecule has 94 valence electrons. The first-order chi connectivity index (χ1) is 8.27. The fourth-order valence-electron chi connectivity index (χ4n) is 2.91. The first kappa shape index (κ1) is 12.6. The number of nitrogens with zero attached hydrogens (tertiary/aromatic N) is 1. The van der Waals surface area contributed by atoms with Crippen LogP contribution in [-0.4, -0.2) is 11.0 Å². The van der Waals surface area contributed by atoms with Crippen LogP contribution in [0.4, 0.5) is 0 Å². The molecule has 1 unspecified atom stereocenters. The van der Waals surface area contributed by atoms with E-state index in [2.05, 4.69) is 36.3 Å². The van der Waals surface area contributed by atoms with Crippen LogP contribution in [0.25, 0.3) is 0 Å². The van der Waals surface area contributed by atoms with Crippen molar-refractivity contribution < 1.29 is 0 Å². The third kappa shape index (κ3) is 3.53. The summed E-state index contributed by atoms with van der Waals surface area (Å²) in [4.78, 5) is 4.07. The van der Waals surface area contributed by atoms with Gasteiger partial charge in [0.05, 0.1) is 0 Å². The lowest BCUT2D eigenvalue weighted by atomic mass is 9.84. The van der Waals surface area contributed by atoms with Gasteiger partial charge in [0, 0.05) is 24.5 Å². The number of rotatable bonds is 4. The Labute approximate surface area is 105 Å². The summed E-state index contributed by atoms with van der Waals surface area (Å²) in [5.74, 6) is 0.869. The molecule has 0 amide bonds. The van der Waals surface area contributed by atoms with Gasteiger partial charge in [-0.15, -0.1) is 0 Å². The summed E-state index contributed by atoms with van der Waals surface area (Å²) in [6, 6.07) is 5.25. The van der Waals surface area contributed by atoms with E-state index in [4.69, 9.17) is 0 Å². The molecule has 0 bridgehead atoms. The summed E-state index contributed by atoms with van der Waals surface area (Å²) in [6.07, 6.45) is 10.8. The lowest BCUT2D eigenvalue weighted by Gasteiger charge is -2.30. The van der Waals surface area contributed by atoms with Gasteiger partial charge >= 0.3 is 0 Å². The van der Waals surface area contributed by atoms with Crippen molar-refractivity contribution in [2.45, 2.75) is 58.0 Å². The Kier molecular flexibility index (Phi) is 4.55. The average Bonchev–Trinajstić information content (AvgIpc) is 2.40. The quantitative estimate of drug-likeness (QED) is 0.856. The van der Waals surface area contributed by atoms with Crippen molar-refractivity contribution >= 4 is 0 Å². The van der Waals surface area contributed by atoms with Gasteiger partial charge in [0.25, 0.3) is 0 Å². The van der Waals surface area contributed by atoms with E-state index >= 15 is 0 Å². The number of hydrogen-bond acceptors (Lipinski definition) is 2. The molecule has 0 saturated heterocycles. The molecule has 2 rings (SSSR count). The van der Waals surface area contributed by atoms with Crippen LogP contribution < -0.4 is 5.32 Å². The van der Waals surface area contributed by atoms with Crippen LogP contribution in [0.3, 0.4) is 0 Å². The molecule has 1 saturated carbocycles. The molecule has 17 heavy (non-hydrogen) atoms. The van der Waals surface area contributed by atoms with Crippen molar-refractivity contribution in [3.63, 3.8) is 0 Å². The largest absolute Gasteiger partial charge is 0.307 e. The van der Waals surface area contributed by atoms with Crippen LogP contribution in [0.2, 0.25) is 0 Å². The van der Waals surface area contributed by atoms with Gasteiger partial charge in [-0.1, -0.05) is 19.3 Å². The number of nitrogens with one attached hydrogen (secondary N) is 1. The predicted molar refractivity (Wildman–Crippen MR) is 71.8 cm³/mol. The van der Waals surface area contributed by atoms with E-state index in [1.165, 1.54) is 37.7 Å². The summed E-state index contributed by atoms with van der Waals surface area (Å²) in [5, 5.41) is 3.74. The average molecular weight is 232 g/mol. The van der Waals surface area contributed by atoms with Crippen LogP contribution in [0.5, 0.6) is 0 Å². The van der Waals surface area contributed by atoms with Gasteiger partial charge in [0.1, 0.15) is 0 Å². The van der Waals surface area contributed by atoms with Crippen molar-refractivity contribution in [3.8, 4) is 0 Å². The Hall–Kier alpha value is -0.890. The lowest BCUT2D eigenvalue weighted by molar-refractivity contribution is 0.268. The van der Waals surface area contributed by atoms with Gasteiger partial charge in [-0.25, -0.2) is 0 Å². The zero-order chi connectivity index (χ0) is 12.1. The molecule has 0 spiro atoms. The van der Waals surface area contributed by atoms with Crippen molar-refractivity contribution in [3.05, 3.63) is 30.1 Å². The minimum absolute atomic E-state index is 0.426. The highest BCUT2D eigenvalue weighted by atomic mass is 14.9. The first-order valence-electron chi connectivity index (χ1n) is 6.93. The molecule has 0 aliphatic heterocycles. The minimum Gasteiger partial charge on any atom is -0.307 e. The maximum atomic E-state index is 4.07. The molecule has 2 nitrogen and oxygen atoms in total. The topological polar surface area (TPSA) is 24.9 Å². The third-order valence-electron chi connectivity index (χ3n) is 4.08. The molecule has 2 atom stereocenters. The Balaban J connectivity index is 1.87. The third-order valence-corrected chi connectivity index (χ3v) is 4.08. The van der Waals surface area contributed by atoms with Gasteiger partial charge < -0.3 is 5.32 Å². The highest BCUT2D eigenvalue weighted by Gasteiger charge is 2.21. The molecular weight excluding hydrogens is 208 g/mol. The van der Waals surface area contributed by atoms with Crippen LogP contribution in [0, 0.1) is 5.92 Å². The summed E-state index contributed by atoms with van der Waals surface area (Å²) in [5.41, 5.74) is 1.34. The fraction of sp³-hybridized carbons (Fsp3) is 0.667. The minimum atomic E-state index is 0.426. The van der Waals surface area contributed by atoms with Crippen molar-refractivity contribution in [2.24, 2.45) is 5.92 Å². The second-order valence-electron chi connectivity index (χ2n) is 5.36. The lowest BCUT2D eigenvalue weighted by Crippen LogP contribution is -2.36. The predicted octanol–water partition coefficient (Wildman–Crippen LogP) is 3.70. The summed E-state index contributed by atoms with van der Waals surface area (Å²) in [6.45, 7) is 4.59. The number of hydrogen-bond donors (Lipinski definition) is 1. The molecule has 1 N–H and O–H groups in total. The summed E-state index contributed by atoms with van der Waals surface area (Å²) < 4.78 is 0. The van der Waals surface area contributed by atoms with Crippen LogP contribution >= 0.6 is 0 Å². The number of aromatic nitrogens is 1. The van der Waals surface area contributed by atoms with Crippen molar-refractivity contribution in [2.75, 3.05) is 0 Å². The molecule has 0 radical (unpaired) electrons. The van der Waals surface area contributed by atoms with E-state index in [-0.39, 0.29) is 0 Å². The van der Waals surface area contributed by atoms with Gasteiger partial charge in [-0.2, -0.15) is 0 Å². The standard InChI is InChI=1S/C15H24N2/c1-12(14-6-4-3-5-7-14)17-13(2)15-8-10-16-11-9-15/h8-14,17H,3-7H2,1-2H3/t12?,13-/m1/s1. The van der Waals surface area contributed by atoms with E-state index in [1.807, 2.05) is 12.4 Å². The molecule has 1 aromatic heterocycles. The van der Waals surface area contributed by atoms with Gasteiger partial charge in [-0.05, 0) is 50.3 Å². The fourth-order valence-corrected chi connectivity index (χ4v) is 2.91. The maximum Gasteiger partial charge on any atom is 0.0295 e. The van der Waals surface area contributed by atoms with E-state index in [0.717, 1.165) is 5.92 Å². The van der Waals surface area contributed by atoms with E-state index in [9.17, 15) is 0 Å². The zero-order valence-corrected chi connectivity index (χ0v) is 11.0. The monoisotopic (exact) mass is 232 g/mol.